The van der Waals surface area contributed by atoms with Gasteiger partial charge in [-0.1, -0.05) is 0 Å². The predicted octanol–water partition coefficient (Wildman–Crippen LogP) is 1.71. The molecule has 7 heteroatoms. The zero-order chi connectivity index (χ0) is 10.3. The van der Waals surface area contributed by atoms with Crippen molar-refractivity contribution in [2.24, 2.45) is 0 Å². The Kier molecular flexibility index (Phi) is 1.92. The molecule has 0 unspecified atom stereocenters. The Morgan fingerprint density at radius 1 is 1.79 bits per heavy atom. The number of ether oxygens (including phenoxy) is 1. The summed E-state index contributed by atoms with van der Waals surface area (Å²) in [5.74, 6) is 1.35. The molecular weight excluding hydrogens is 210 g/mol. The first-order chi connectivity index (χ1) is 6.58. The molecule has 0 aliphatic carbocycles. The minimum atomic E-state index is -0.586. The second-order valence-electron chi connectivity index (χ2n) is 2.83. The molecule has 0 saturated carbocycles. The lowest BCUT2D eigenvalue weighted by atomic mass is 10.5. The number of allylic oxidation sites excluding steroid dienone is 2. The molecule has 1 aromatic rings. The standard InChI is InChI=1S/C7H6ClN3O3/c1-4-5(14-4)2-10-3-6(11(12)13)9-7(10)8/h3H,2H2,1H3. The molecule has 0 aromatic carbocycles. The Bertz CT molecular complexity index is 437. The van der Waals surface area contributed by atoms with E-state index in [1.165, 1.54) is 10.8 Å². The van der Waals surface area contributed by atoms with Gasteiger partial charge in [-0.25, -0.2) is 0 Å². The minimum absolute atomic E-state index is 0.0903. The summed E-state index contributed by atoms with van der Waals surface area (Å²) < 4.78 is 6.47. The summed E-state index contributed by atoms with van der Waals surface area (Å²) in [5.41, 5.74) is 0. The lowest BCUT2D eigenvalue weighted by Gasteiger charge is -1.91. The highest BCUT2D eigenvalue weighted by Gasteiger charge is 2.24. The molecular formula is C7H6ClN3O3. The van der Waals surface area contributed by atoms with Gasteiger partial charge in [0, 0.05) is 0 Å². The smallest absolute Gasteiger partial charge is 0.383 e. The van der Waals surface area contributed by atoms with Crippen LogP contribution in [0, 0.1) is 10.1 Å². The third-order valence-electron chi connectivity index (χ3n) is 1.84. The summed E-state index contributed by atoms with van der Waals surface area (Å²) in [4.78, 5) is 13.3. The van der Waals surface area contributed by atoms with Gasteiger partial charge in [0.05, 0.1) is 6.54 Å². The first-order valence-electron chi connectivity index (χ1n) is 3.82. The van der Waals surface area contributed by atoms with E-state index in [9.17, 15) is 10.1 Å². The molecule has 74 valence electrons. The van der Waals surface area contributed by atoms with Gasteiger partial charge >= 0.3 is 11.1 Å². The molecule has 1 aliphatic heterocycles. The first-order valence-corrected chi connectivity index (χ1v) is 4.20. The molecule has 0 amide bonds. The molecule has 0 bridgehead atoms. The second-order valence-corrected chi connectivity index (χ2v) is 3.17. The fraction of sp³-hybridized carbons (Fsp3) is 0.286. The van der Waals surface area contributed by atoms with E-state index in [4.69, 9.17) is 16.3 Å². The third kappa shape index (κ3) is 1.56. The molecule has 2 heterocycles. The molecule has 14 heavy (non-hydrogen) atoms. The van der Waals surface area contributed by atoms with Crippen LogP contribution in [-0.4, -0.2) is 14.5 Å². The largest absolute Gasteiger partial charge is 0.457 e. The van der Waals surface area contributed by atoms with Gasteiger partial charge < -0.3 is 14.9 Å². The maximum absolute atomic E-state index is 10.4. The van der Waals surface area contributed by atoms with Crippen LogP contribution in [0.1, 0.15) is 6.92 Å². The molecule has 0 spiro atoms. The van der Waals surface area contributed by atoms with E-state index in [0.29, 0.717) is 6.54 Å². The van der Waals surface area contributed by atoms with Gasteiger partial charge in [-0.15, -0.1) is 0 Å². The number of hydrogen-bond acceptors (Lipinski definition) is 4. The highest BCUT2D eigenvalue weighted by atomic mass is 35.5. The van der Waals surface area contributed by atoms with E-state index in [2.05, 4.69) is 4.98 Å². The van der Waals surface area contributed by atoms with Crippen molar-refractivity contribution >= 4 is 17.4 Å². The molecule has 0 atom stereocenters. The monoisotopic (exact) mass is 215 g/mol. The molecule has 1 aliphatic rings. The maximum atomic E-state index is 10.4. The van der Waals surface area contributed by atoms with Crippen molar-refractivity contribution in [3.63, 3.8) is 0 Å². The van der Waals surface area contributed by atoms with Crippen LogP contribution in [0.5, 0.6) is 0 Å². The third-order valence-corrected chi connectivity index (χ3v) is 2.15. The number of nitrogens with zero attached hydrogens (tertiary/aromatic N) is 3. The van der Waals surface area contributed by atoms with E-state index in [1.54, 1.807) is 0 Å². The summed E-state index contributed by atoms with van der Waals surface area (Å²) in [6.45, 7) is 2.21. The Labute approximate surface area is 83.9 Å². The van der Waals surface area contributed by atoms with Crippen molar-refractivity contribution < 1.29 is 9.66 Å². The van der Waals surface area contributed by atoms with Crippen LogP contribution < -0.4 is 0 Å². The van der Waals surface area contributed by atoms with Gasteiger partial charge in [0.25, 0.3) is 0 Å². The molecule has 0 saturated heterocycles. The Hall–Kier alpha value is -1.56. The maximum Gasteiger partial charge on any atom is 0.383 e. The van der Waals surface area contributed by atoms with Crippen molar-refractivity contribution in [2.75, 3.05) is 0 Å². The van der Waals surface area contributed by atoms with Crippen molar-refractivity contribution in [2.45, 2.75) is 13.5 Å². The lowest BCUT2D eigenvalue weighted by molar-refractivity contribution is -0.389. The van der Waals surface area contributed by atoms with E-state index >= 15 is 0 Å². The molecule has 0 fully saturated rings. The van der Waals surface area contributed by atoms with Gasteiger partial charge in [-0.3, -0.25) is 4.57 Å². The van der Waals surface area contributed by atoms with Crippen LogP contribution in [0.25, 0.3) is 0 Å². The van der Waals surface area contributed by atoms with Crippen LogP contribution in [-0.2, 0) is 11.3 Å². The molecule has 6 nitrogen and oxygen atoms in total. The molecule has 1 aromatic heterocycles. The van der Waals surface area contributed by atoms with Crippen LogP contribution >= 0.6 is 11.6 Å². The normalized spacial score (nSPS) is 14.1. The van der Waals surface area contributed by atoms with Gasteiger partial charge in [-0.05, 0) is 28.4 Å². The second kappa shape index (κ2) is 2.98. The van der Waals surface area contributed by atoms with Crippen LogP contribution in [0.3, 0.4) is 0 Å². The van der Waals surface area contributed by atoms with Crippen LogP contribution in [0.15, 0.2) is 17.7 Å². The van der Waals surface area contributed by atoms with E-state index < -0.39 is 4.92 Å². The van der Waals surface area contributed by atoms with E-state index in [-0.39, 0.29) is 11.1 Å². The number of rotatable bonds is 3. The number of hydrogen-bond donors (Lipinski definition) is 0. The van der Waals surface area contributed by atoms with Crippen LogP contribution in [0.4, 0.5) is 5.82 Å². The fourth-order valence-electron chi connectivity index (χ4n) is 1.04. The van der Waals surface area contributed by atoms with Gasteiger partial charge in [0.1, 0.15) is 12.0 Å². The van der Waals surface area contributed by atoms with Crippen molar-refractivity contribution in [1.82, 2.24) is 9.55 Å². The topological polar surface area (TPSA) is 73.5 Å². The zero-order valence-electron chi connectivity index (χ0n) is 7.23. The van der Waals surface area contributed by atoms with Crippen molar-refractivity contribution in [3.8, 4) is 0 Å². The van der Waals surface area contributed by atoms with E-state index in [0.717, 1.165) is 11.5 Å². The number of halogens is 1. The molecule has 0 radical (unpaired) electrons. The van der Waals surface area contributed by atoms with Gasteiger partial charge in [0.2, 0.25) is 0 Å². The van der Waals surface area contributed by atoms with Crippen molar-refractivity contribution in [1.29, 1.82) is 0 Å². The zero-order valence-corrected chi connectivity index (χ0v) is 7.98. The molecule has 2 rings (SSSR count). The van der Waals surface area contributed by atoms with Crippen LogP contribution in [0.2, 0.25) is 5.28 Å². The highest BCUT2D eigenvalue weighted by Crippen LogP contribution is 2.28. The van der Waals surface area contributed by atoms with E-state index in [1.807, 2.05) is 6.92 Å². The number of nitro groups is 1. The fourth-order valence-corrected chi connectivity index (χ4v) is 1.23. The molecule has 0 N–H and O–H groups in total. The predicted molar refractivity (Wildman–Crippen MR) is 47.7 cm³/mol. The van der Waals surface area contributed by atoms with Gasteiger partial charge in [0.15, 0.2) is 5.76 Å². The average molecular weight is 216 g/mol. The van der Waals surface area contributed by atoms with Crippen molar-refractivity contribution in [3.05, 3.63) is 33.1 Å². The summed E-state index contributed by atoms with van der Waals surface area (Å²) in [5, 5.41) is 10.5. The number of aromatic nitrogens is 2. The Morgan fingerprint density at radius 3 is 2.86 bits per heavy atom. The summed E-state index contributed by atoms with van der Waals surface area (Å²) in [6, 6.07) is 0. The van der Waals surface area contributed by atoms with Gasteiger partial charge in [-0.2, -0.15) is 0 Å². The first kappa shape index (κ1) is 9.01. The SMILES string of the molecule is CC1=C(Cn2cc([N+](=O)[O-])nc2Cl)O1. The summed E-state index contributed by atoms with van der Waals surface area (Å²) in [7, 11) is 0. The summed E-state index contributed by atoms with van der Waals surface area (Å²) >= 11 is 5.68. The minimum Gasteiger partial charge on any atom is -0.457 e. The lowest BCUT2D eigenvalue weighted by Crippen LogP contribution is -1.94. The highest BCUT2D eigenvalue weighted by molar-refractivity contribution is 6.28. The average Bonchev–Trinajstić information content (AvgIpc) is 2.64. The Balaban J connectivity index is 2.21. The number of imidazole rings is 1. The quantitative estimate of drug-likeness (QED) is 0.568. The summed E-state index contributed by atoms with van der Waals surface area (Å²) in [6.07, 6.45) is 1.28. The Morgan fingerprint density at radius 2 is 2.43 bits per heavy atom.